The third kappa shape index (κ3) is 4.12. The van der Waals surface area contributed by atoms with Crippen LogP contribution >= 0.6 is 12.4 Å². The van der Waals surface area contributed by atoms with Crippen LogP contribution in [0.25, 0.3) is 0 Å². The molecule has 1 aromatic rings. The molecule has 0 saturated heterocycles. The van der Waals surface area contributed by atoms with E-state index in [9.17, 15) is 0 Å². The second kappa shape index (κ2) is 6.86. The average Bonchev–Trinajstić information content (AvgIpc) is 2.15. The van der Waals surface area contributed by atoms with Crippen LogP contribution in [0.4, 0.5) is 0 Å². The fraction of sp³-hybridized carbons (Fsp3) is 0.500. The van der Waals surface area contributed by atoms with Crippen LogP contribution in [0.2, 0.25) is 0 Å². The Hall–Kier alpha value is -0.530. The van der Waals surface area contributed by atoms with Gasteiger partial charge >= 0.3 is 0 Å². The fourth-order valence-corrected chi connectivity index (χ4v) is 1.40. The molecule has 14 heavy (non-hydrogen) atoms. The molecule has 0 aliphatic carbocycles. The quantitative estimate of drug-likeness (QED) is 0.813. The van der Waals surface area contributed by atoms with E-state index in [1.807, 2.05) is 0 Å². The van der Waals surface area contributed by atoms with Gasteiger partial charge in [-0.25, -0.2) is 0 Å². The van der Waals surface area contributed by atoms with Crippen molar-refractivity contribution in [1.29, 1.82) is 0 Å². The van der Waals surface area contributed by atoms with E-state index in [4.69, 9.17) is 5.73 Å². The zero-order valence-corrected chi connectivity index (χ0v) is 9.81. The molecule has 1 aromatic carbocycles. The highest BCUT2D eigenvalue weighted by atomic mass is 35.5. The van der Waals surface area contributed by atoms with Crippen molar-refractivity contribution in [2.75, 3.05) is 0 Å². The van der Waals surface area contributed by atoms with E-state index < -0.39 is 0 Å². The number of halogens is 1. The summed E-state index contributed by atoms with van der Waals surface area (Å²) in [6.07, 6.45) is 3.54. The fourth-order valence-electron chi connectivity index (χ4n) is 1.40. The van der Waals surface area contributed by atoms with Gasteiger partial charge in [0.15, 0.2) is 0 Å². The highest BCUT2D eigenvalue weighted by Gasteiger charge is 2.03. The Morgan fingerprint density at radius 3 is 2.29 bits per heavy atom. The smallest absolute Gasteiger partial charge is 0.0294 e. The van der Waals surface area contributed by atoms with Crippen LogP contribution in [0.5, 0.6) is 0 Å². The molecule has 1 nitrogen and oxygen atoms in total. The van der Waals surface area contributed by atoms with E-state index in [2.05, 4.69) is 38.1 Å². The molecule has 0 unspecified atom stereocenters. The monoisotopic (exact) mass is 213 g/mol. The molecule has 0 aliphatic heterocycles. The number of hydrogen-bond acceptors (Lipinski definition) is 1. The lowest BCUT2D eigenvalue weighted by Gasteiger charge is -2.11. The van der Waals surface area contributed by atoms with Gasteiger partial charge < -0.3 is 5.73 Å². The Kier molecular flexibility index (Phi) is 6.60. The van der Waals surface area contributed by atoms with E-state index in [0.29, 0.717) is 0 Å². The summed E-state index contributed by atoms with van der Waals surface area (Å²) in [5, 5.41) is 0. The highest BCUT2D eigenvalue weighted by Crippen LogP contribution is 2.16. The second-order valence-electron chi connectivity index (χ2n) is 3.66. The van der Waals surface area contributed by atoms with Crippen LogP contribution in [-0.2, 0) is 0 Å². The third-order valence-corrected chi connectivity index (χ3v) is 2.37. The lowest BCUT2D eigenvalue weighted by Crippen LogP contribution is -2.09. The molecule has 0 aliphatic rings. The number of unbranched alkanes of at least 4 members (excludes halogenated alkanes) is 1. The highest BCUT2D eigenvalue weighted by molar-refractivity contribution is 5.85. The Labute approximate surface area is 93.1 Å². The Morgan fingerprint density at radius 1 is 1.21 bits per heavy atom. The molecule has 0 spiro atoms. The van der Waals surface area contributed by atoms with Crippen molar-refractivity contribution in [3.8, 4) is 0 Å². The van der Waals surface area contributed by atoms with Crippen LogP contribution < -0.4 is 5.73 Å². The summed E-state index contributed by atoms with van der Waals surface area (Å²) in [7, 11) is 0. The van der Waals surface area contributed by atoms with E-state index in [0.717, 1.165) is 6.42 Å². The van der Waals surface area contributed by atoms with Gasteiger partial charge in [0, 0.05) is 6.04 Å². The van der Waals surface area contributed by atoms with Crippen LogP contribution in [0.15, 0.2) is 24.3 Å². The summed E-state index contributed by atoms with van der Waals surface area (Å²) in [6.45, 7) is 4.29. The molecule has 2 heteroatoms. The summed E-state index contributed by atoms with van der Waals surface area (Å²) in [5.41, 5.74) is 8.59. The van der Waals surface area contributed by atoms with Crippen molar-refractivity contribution < 1.29 is 0 Å². The normalized spacial score (nSPS) is 11.9. The first-order valence-electron chi connectivity index (χ1n) is 5.06. The van der Waals surface area contributed by atoms with Crippen LogP contribution in [-0.4, -0.2) is 0 Å². The maximum absolute atomic E-state index is 6.03. The van der Waals surface area contributed by atoms with Gasteiger partial charge in [-0.2, -0.15) is 0 Å². The first-order valence-corrected chi connectivity index (χ1v) is 5.06. The zero-order chi connectivity index (χ0) is 9.68. The van der Waals surface area contributed by atoms with E-state index >= 15 is 0 Å². The molecule has 2 N–H and O–H groups in total. The van der Waals surface area contributed by atoms with Gasteiger partial charge in [0.1, 0.15) is 0 Å². The molecule has 0 heterocycles. The average molecular weight is 214 g/mol. The van der Waals surface area contributed by atoms with Gasteiger partial charge in [0.25, 0.3) is 0 Å². The summed E-state index contributed by atoms with van der Waals surface area (Å²) >= 11 is 0. The van der Waals surface area contributed by atoms with Crippen molar-refractivity contribution >= 4 is 12.4 Å². The molecular formula is C12H20ClN. The topological polar surface area (TPSA) is 26.0 Å². The summed E-state index contributed by atoms with van der Waals surface area (Å²) < 4.78 is 0. The zero-order valence-electron chi connectivity index (χ0n) is 8.99. The first kappa shape index (κ1) is 13.5. The number of aryl methyl sites for hydroxylation is 1. The van der Waals surface area contributed by atoms with Gasteiger partial charge in [0.05, 0.1) is 0 Å². The summed E-state index contributed by atoms with van der Waals surface area (Å²) in [5.74, 6) is 0. The van der Waals surface area contributed by atoms with Gasteiger partial charge in [-0.05, 0) is 18.9 Å². The Balaban J connectivity index is 0.00000169. The SMILES string of the molecule is CCCC[C@@H](N)c1ccc(C)cc1.Cl. The maximum Gasteiger partial charge on any atom is 0.0294 e. The molecule has 1 rings (SSSR count). The number of benzene rings is 1. The van der Waals surface area contributed by atoms with Crippen molar-refractivity contribution in [3.63, 3.8) is 0 Å². The second-order valence-corrected chi connectivity index (χ2v) is 3.66. The van der Waals surface area contributed by atoms with Crippen LogP contribution in [0.1, 0.15) is 43.4 Å². The summed E-state index contributed by atoms with van der Waals surface area (Å²) in [6, 6.07) is 8.74. The van der Waals surface area contributed by atoms with Gasteiger partial charge in [-0.1, -0.05) is 49.6 Å². The molecular weight excluding hydrogens is 194 g/mol. The Morgan fingerprint density at radius 2 is 1.79 bits per heavy atom. The third-order valence-electron chi connectivity index (χ3n) is 2.37. The lowest BCUT2D eigenvalue weighted by atomic mass is 10.0. The molecule has 0 radical (unpaired) electrons. The minimum absolute atomic E-state index is 0. The van der Waals surface area contributed by atoms with E-state index in [1.54, 1.807) is 0 Å². The molecule has 0 fully saturated rings. The van der Waals surface area contributed by atoms with Crippen molar-refractivity contribution in [3.05, 3.63) is 35.4 Å². The number of nitrogens with two attached hydrogens (primary N) is 1. The number of hydrogen-bond donors (Lipinski definition) is 1. The summed E-state index contributed by atoms with van der Waals surface area (Å²) in [4.78, 5) is 0. The molecule has 0 bridgehead atoms. The van der Waals surface area contributed by atoms with Gasteiger partial charge in [0.2, 0.25) is 0 Å². The molecule has 0 saturated carbocycles. The first-order chi connectivity index (χ1) is 6.24. The minimum Gasteiger partial charge on any atom is -0.324 e. The molecule has 0 aromatic heterocycles. The lowest BCUT2D eigenvalue weighted by molar-refractivity contribution is 0.603. The van der Waals surface area contributed by atoms with Crippen LogP contribution in [0, 0.1) is 6.92 Å². The van der Waals surface area contributed by atoms with E-state index in [1.165, 1.54) is 24.0 Å². The maximum atomic E-state index is 6.03. The molecule has 1 atom stereocenters. The molecule has 80 valence electrons. The number of rotatable bonds is 4. The van der Waals surface area contributed by atoms with Crippen LogP contribution in [0.3, 0.4) is 0 Å². The van der Waals surface area contributed by atoms with Gasteiger partial charge in [-0.3, -0.25) is 0 Å². The molecule has 0 amide bonds. The van der Waals surface area contributed by atoms with E-state index in [-0.39, 0.29) is 18.4 Å². The predicted molar refractivity (Wildman–Crippen MR) is 64.9 cm³/mol. The van der Waals surface area contributed by atoms with Crippen molar-refractivity contribution in [1.82, 2.24) is 0 Å². The van der Waals surface area contributed by atoms with Gasteiger partial charge in [-0.15, -0.1) is 12.4 Å². The largest absolute Gasteiger partial charge is 0.324 e. The van der Waals surface area contributed by atoms with Crippen molar-refractivity contribution in [2.45, 2.75) is 39.2 Å². The minimum atomic E-state index is 0. The van der Waals surface area contributed by atoms with Crippen molar-refractivity contribution in [2.24, 2.45) is 5.73 Å². The standard InChI is InChI=1S/C12H19N.ClH/c1-3-4-5-12(13)11-8-6-10(2)7-9-11;/h6-9,12H,3-5,13H2,1-2H3;1H/t12-;/m1./s1. The predicted octanol–water partition coefficient (Wildman–Crippen LogP) is 3.61. The Bertz CT molecular complexity index is 243.